The third kappa shape index (κ3) is 8.52. The number of likely N-dealkylation sites (tertiary alicyclic amines) is 2. The van der Waals surface area contributed by atoms with Crippen LogP contribution < -0.4 is 10.1 Å². The van der Waals surface area contributed by atoms with E-state index >= 15 is 0 Å². The monoisotopic (exact) mass is 813 g/mol. The highest BCUT2D eigenvalue weighted by atomic mass is 16.6. The summed E-state index contributed by atoms with van der Waals surface area (Å²) in [5.41, 5.74) is 5.24. The number of hydrogen-bond acceptors (Lipinski definition) is 11. The number of aryl methyl sites for hydroxylation is 1. The summed E-state index contributed by atoms with van der Waals surface area (Å²) >= 11 is 0. The first-order valence-corrected chi connectivity index (χ1v) is 20.4. The van der Waals surface area contributed by atoms with E-state index in [2.05, 4.69) is 16.4 Å². The minimum absolute atomic E-state index is 0.153. The molecule has 4 heterocycles. The van der Waals surface area contributed by atoms with Crippen molar-refractivity contribution < 1.29 is 47.7 Å². The number of nitrogens with one attached hydrogen (secondary N) is 2. The van der Waals surface area contributed by atoms with Crippen LogP contribution in [0.15, 0.2) is 36.5 Å². The summed E-state index contributed by atoms with van der Waals surface area (Å²) in [5.74, 6) is -0.185. The van der Waals surface area contributed by atoms with Crippen molar-refractivity contribution >= 4 is 29.8 Å². The number of aromatic amines is 1. The van der Waals surface area contributed by atoms with Gasteiger partial charge in [-0.2, -0.15) is 0 Å². The maximum Gasteiger partial charge on any atom is 0.410 e. The molecule has 316 valence electrons. The summed E-state index contributed by atoms with van der Waals surface area (Å²) in [7, 11) is 2.89. The van der Waals surface area contributed by atoms with Gasteiger partial charge in [0, 0.05) is 36.7 Å². The van der Waals surface area contributed by atoms with Gasteiger partial charge in [-0.3, -0.25) is 14.5 Å². The van der Waals surface area contributed by atoms with Crippen molar-refractivity contribution in [1.82, 2.24) is 25.1 Å². The van der Waals surface area contributed by atoms with Gasteiger partial charge in [0.05, 0.1) is 31.6 Å². The van der Waals surface area contributed by atoms with Gasteiger partial charge in [-0.15, -0.1) is 0 Å². The van der Waals surface area contributed by atoms with Crippen LogP contribution in [0.5, 0.6) is 5.75 Å². The van der Waals surface area contributed by atoms with Crippen LogP contribution in [0.1, 0.15) is 101 Å². The minimum Gasteiger partial charge on any atom is -0.488 e. The second kappa shape index (κ2) is 16.7. The maximum absolute atomic E-state index is 13.9. The molecule has 0 saturated carbocycles. The quantitative estimate of drug-likeness (QED) is 0.181. The molecule has 15 heteroatoms. The molecule has 15 nitrogen and oxygen atoms in total. The summed E-state index contributed by atoms with van der Waals surface area (Å²) in [6.45, 7) is 12.3. The highest BCUT2D eigenvalue weighted by Gasteiger charge is 2.45. The summed E-state index contributed by atoms with van der Waals surface area (Å²) in [4.78, 5) is 77.8. The molecule has 59 heavy (non-hydrogen) atoms. The van der Waals surface area contributed by atoms with E-state index in [4.69, 9.17) is 28.7 Å². The number of alkyl carbamates (subject to hydrolysis) is 1. The zero-order valence-corrected chi connectivity index (χ0v) is 35.1. The molecule has 3 aliphatic heterocycles. The molecule has 2 aromatic carbocycles. The van der Waals surface area contributed by atoms with E-state index in [1.807, 2.05) is 45.9 Å². The Hall–Kier alpha value is -5.44. The zero-order chi connectivity index (χ0) is 42.3. The lowest BCUT2D eigenvalue weighted by Crippen LogP contribution is -2.56. The number of Topliss-reactive ketones (excluding diaryl/α,β-unsaturated/α-hetero) is 1. The second-order valence-electron chi connectivity index (χ2n) is 17.4. The fourth-order valence-corrected chi connectivity index (χ4v) is 8.77. The van der Waals surface area contributed by atoms with Crippen LogP contribution in [0.25, 0.3) is 22.4 Å². The van der Waals surface area contributed by atoms with Crippen LogP contribution in [0.3, 0.4) is 0 Å². The number of ketones is 1. The van der Waals surface area contributed by atoms with Gasteiger partial charge in [0.25, 0.3) is 0 Å². The van der Waals surface area contributed by atoms with Gasteiger partial charge in [-0.25, -0.2) is 19.4 Å². The Morgan fingerprint density at radius 2 is 1.80 bits per heavy atom. The lowest BCUT2D eigenvalue weighted by molar-refractivity contribution is -0.158. The van der Waals surface area contributed by atoms with Crippen molar-refractivity contribution in [1.29, 1.82) is 0 Å². The highest BCUT2D eigenvalue weighted by Crippen LogP contribution is 2.43. The second-order valence-corrected chi connectivity index (χ2v) is 17.4. The van der Waals surface area contributed by atoms with Crippen LogP contribution in [0.4, 0.5) is 9.59 Å². The Balaban J connectivity index is 1.05. The Morgan fingerprint density at radius 3 is 2.51 bits per heavy atom. The summed E-state index contributed by atoms with van der Waals surface area (Å²) in [6, 6.07) is 7.56. The van der Waals surface area contributed by atoms with Crippen LogP contribution in [0.2, 0.25) is 0 Å². The largest absolute Gasteiger partial charge is 0.488 e. The molecule has 2 N–H and O–H groups in total. The summed E-state index contributed by atoms with van der Waals surface area (Å²) < 4.78 is 28.0. The van der Waals surface area contributed by atoms with Crippen LogP contribution in [-0.2, 0) is 41.6 Å². The van der Waals surface area contributed by atoms with E-state index < -0.39 is 41.8 Å². The molecule has 3 amide bonds. The third-order valence-electron chi connectivity index (χ3n) is 11.7. The number of hydrogen-bond donors (Lipinski definition) is 2. The molecule has 1 aliphatic carbocycles. The molecule has 0 spiro atoms. The number of imidazole rings is 1. The molecule has 4 aliphatic rings. The van der Waals surface area contributed by atoms with Gasteiger partial charge < -0.3 is 38.9 Å². The van der Waals surface area contributed by atoms with Gasteiger partial charge in [0.2, 0.25) is 11.7 Å². The number of rotatable bonds is 9. The first-order valence-electron chi connectivity index (χ1n) is 20.4. The predicted octanol–water partition coefficient (Wildman–Crippen LogP) is 6.38. The molecule has 0 bridgehead atoms. The van der Waals surface area contributed by atoms with Crippen molar-refractivity contribution in [3.8, 4) is 28.1 Å². The average Bonchev–Trinajstić information content (AvgIpc) is 3.95. The number of nitrogens with zero attached hydrogens (tertiary/aromatic N) is 3. The first kappa shape index (κ1) is 41.7. The number of esters is 1. The molecule has 1 unspecified atom stereocenters. The van der Waals surface area contributed by atoms with Crippen molar-refractivity contribution in [3.63, 3.8) is 0 Å². The number of H-pyrrole nitrogens is 1. The number of ether oxygens (including phenoxy) is 5. The van der Waals surface area contributed by atoms with Crippen molar-refractivity contribution in [2.45, 2.75) is 116 Å². The van der Waals surface area contributed by atoms with Crippen LogP contribution >= 0.6 is 0 Å². The van der Waals surface area contributed by atoms with Crippen molar-refractivity contribution in [2.75, 3.05) is 27.4 Å². The van der Waals surface area contributed by atoms with Gasteiger partial charge in [0.15, 0.2) is 6.10 Å². The fourth-order valence-electron chi connectivity index (χ4n) is 8.77. The number of carbonyl (C=O) groups is 5. The number of aromatic nitrogens is 2. The molecule has 2 fully saturated rings. The van der Waals surface area contributed by atoms with Crippen LogP contribution in [-0.4, -0.2) is 107 Å². The number of methoxy groups -OCH3 is 2. The smallest absolute Gasteiger partial charge is 0.410 e. The SMILES string of the molecule is COC[C@H]1C[C@@H](c2ncc(-c3ccc4c(c3)COc3cc5c(cc3-4)CCC(OC(=O)[C@@H]3CC[C@H](C)N3C(=O)[C@@H](NC(=O)OC)C(C)C)C5=O)[nH]2)N(C(=O)OC(C)(C)C)C1. The third-order valence-corrected chi connectivity index (χ3v) is 11.7. The molecule has 7 rings (SSSR count). The van der Waals surface area contributed by atoms with E-state index in [0.29, 0.717) is 62.4 Å². The minimum atomic E-state index is -1.00. The lowest BCUT2D eigenvalue weighted by Gasteiger charge is -2.33. The van der Waals surface area contributed by atoms with E-state index in [0.717, 1.165) is 33.5 Å². The van der Waals surface area contributed by atoms with Gasteiger partial charge in [0.1, 0.15) is 35.9 Å². The lowest BCUT2D eigenvalue weighted by atomic mass is 9.84. The van der Waals surface area contributed by atoms with Crippen LogP contribution in [0, 0.1) is 11.8 Å². The molecular weight excluding hydrogens is 759 g/mol. The Morgan fingerprint density at radius 1 is 1.02 bits per heavy atom. The molecule has 3 aromatic rings. The highest BCUT2D eigenvalue weighted by molar-refractivity contribution is 6.04. The molecule has 1 aromatic heterocycles. The normalized spacial score (nSPS) is 22.9. The van der Waals surface area contributed by atoms with E-state index in [1.165, 1.54) is 12.0 Å². The standard InChI is InChI=1S/C44H55N5O10/c1-23(2)37(47-42(53)56-8)40(51)49-24(3)9-13-33(49)41(52)58-35-14-11-26-17-31-29-12-10-27(16-28(29)22-57-36(31)18-30(26)38(35)50)32-19-45-39(46-32)34-15-25(21-55-7)20-48(34)43(54)59-44(4,5)6/h10,12,16-19,23-25,33-35,37H,9,11,13-15,20-22H2,1-8H3,(H,45,46)(H,47,53)/t24-,25-,33-,34-,35?,37-/m0/s1. The van der Waals surface area contributed by atoms with Gasteiger partial charge >= 0.3 is 18.2 Å². The Kier molecular flexibility index (Phi) is 11.8. The number of amides is 3. The van der Waals surface area contributed by atoms with Crippen molar-refractivity contribution in [3.05, 3.63) is 59.0 Å². The predicted molar refractivity (Wildman–Crippen MR) is 215 cm³/mol. The van der Waals surface area contributed by atoms with Gasteiger partial charge in [-0.1, -0.05) is 26.0 Å². The fraction of sp³-hybridized carbons (Fsp3) is 0.545. The molecule has 6 atom stereocenters. The zero-order valence-electron chi connectivity index (χ0n) is 35.1. The molecule has 0 radical (unpaired) electrons. The Bertz CT molecular complexity index is 2120. The maximum atomic E-state index is 13.9. The van der Waals surface area contributed by atoms with Crippen molar-refractivity contribution in [2.24, 2.45) is 11.8 Å². The topological polar surface area (TPSA) is 179 Å². The molecular formula is C44H55N5O10. The summed E-state index contributed by atoms with van der Waals surface area (Å²) in [5, 5.41) is 2.60. The van der Waals surface area contributed by atoms with E-state index in [1.54, 1.807) is 38.1 Å². The average molecular weight is 814 g/mol. The van der Waals surface area contributed by atoms with E-state index in [9.17, 15) is 24.0 Å². The number of fused-ring (bicyclic) bond motifs is 4. The van der Waals surface area contributed by atoms with Gasteiger partial charge in [-0.05, 0) is 106 Å². The summed E-state index contributed by atoms with van der Waals surface area (Å²) in [6.07, 6.45) is 2.14. The Labute approximate surface area is 344 Å². The first-order chi connectivity index (χ1) is 28.1. The number of benzene rings is 2. The number of carbonyl (C=O) groups excluding carboxylic acids is 5. The molecule has 2 saturated heterocycles. The van der Waals surface area contributed by atoms with E-state index in [-0.39, 0.29) is 42.4 Å².